The Morgan fingerprint density at radius 2 is 1.91 bits per heavy atom. The van der Waals surface area contributed by atoms with E-state index in [-0.39, 0.29) is 22.6 Å². The standard InChI is InChI=1S/C22H25BrFN3O6/c1-22(2,3)33-21(30)27-9-7-13(8-10-27)32-18-16(14-6-5-12(23)11-15(14)24)19(28)26-25-17(18)20(29)31-4/h5-6,11,13H,7-10H2,1-4H3,(H,26,28). The summed E-state index contributed by atoms with van der Waals surface area (Å²) in [6.45, 7) is 6.07. The fourth-order valence-corrected chi connectivity index (χ4v) is 3.70. The number of nitrogens with one attached hydrogen (secondary N) is 1. The number of aromatic nitrogens is 2. The van der Waals surface area contributed by atoms with Gasteiger partial charge in [0, 0.05) is 36.0 Å². The molecule has 3 rings (SSSR count). The first-order valence-corrected chi connectivity index (χ1v) is 11.1. The lowest BCUT2D eigenvalue weighted by atomic mass is 10.0. The summed E-state index contributed by atoms with van der Waals surface area (Å²) >= 11 is 3.18. The summed E-state index contributed by atoms with van der Waals surface area (Å²) in [4.78, 5) is 38.9. The van der Waals surface area contributed by atoms with E-state index in [1.807, 2.05) is 0 Å². The Balaban J connectivity index is 1.91. The first-order chi connectivity index (χ1) is 15.5. The molecule has 2 aromatic rings. The Hall–Kier alpha value is -2.95. The number of hydrogen-bond donors (Lipinski definition) is 1. The van der Waals surface area contributed by atoms with Crippen molar-refractivity contribution in [3.8, 4) is 16.9 Å². The summed E-state index contributed by atoms with van der Waals surface area (Å²) in [5.41, 5.74) is -1.81. The topological polar surface area (TPSA) is 111 Å². The van der Waals surface area contributed by atoms with Crippen molar-refractivity contribution >= 4 is 28.0 Å². The fourth-order valence-electron chi connectivity index (χ4n) is 3.37. The molecule has 1 aliphatic heterocycles. The van der Waals surface area contributed by atoms with Crippen molar-refractivity contribution in [2.24, 2.45) is 0 Å². The van der Waals surface area contributed by atoms with Gasteiger partial charge in [-0.2, -0.15) is 5.10 Å². The fraction of sp³-hybridized carbons (Fsp3) is 0.455. The van der Waals surface area contributed by atoms with Crippen LogP contribution in [-0.4, -0.2) is 59.1 Å². The minimum Gasteiger partial charge on any atom is -0.487 e. The molecule has 33 heavy (non-hydrogen) atoms. The minimum absolute atomic E-state index is 0.0480. The van der Waals surface area contributed by atoms with Gasteiger partial charge in [0.05, 0.1) is 12.7 Å². The Labute approximate surface area is 198 Å². The Morgan fingerprint density at radius 1 is 1.24 bits per heavy atom. The lowest BCUT2D eigenvalue weighted by Gasteiger charge is -2.33. The first-order valence-electron chi connectivity index (χ1n) is 10.3. The van der Waals surface area contributed by atoms with Crippen molar-refractivity contribution in [2.45, 2.75) is 45.3 Å². The molecule has 2 heterocycles. The molecule has 1 N–H and O–H groups in total. The van der Waals surface area contributed by atoms with Crippen molar-refractivity contribution in [3.05, 3.63) is 44.5 Å². The third-order valence-electron chi connectivity index (χ3n) is 4.90. The van der Waals surface area contributed by atoms with Crippen molar-refractivity contribution in [1.29, 1.82) is 0 Å². The van der Waals surface area contributed by atoms with Gasteiger partial charge in [0.15, 0.2) is 5.75 Å². The van der Waals surface area contributed by atoms with Crippen molar-refractivity contribution in [2.75, 3.05) is 20.2 Å². The van der Waals surface area contributed by atoms with E-state index < -0.39 is 35.1 Å². The second-order valence-electron chi connectivity index (χ2n) is 8.51. The van der Waals surface area contributed by atoms with Crippen LogP contribution in [0.1, 0.15) is 44.1 Å². The second-order valence-corrected chi connectivity index (χ2v) is 9.42. The van der Waals surface area contributed by atoms with Crippen LogP contribution in [0.15, 0.2) is 27.5 Å². The minimum atomic E-state index is -0.841. The highest BCUT2D eigenvalue weighted by molar-refractivity contribution is 9.10. The number of carbonyl (C=O) groups excluding carboxylic acids is 2. The summed E-state index contributed by atoms with van der Waals surface area (Å²) < 4.78 is 31.4. The zero-order valence-corrected chi connectivity index (χ0v) is 20.3. The van der Waals surface area contributed by atoms with Gasteiger partial charge >= 0.3 is 12.1 Å². The highest BCUT2D eigenvalue weighted by Crippen LogP contribution is 2.34. The normalized spacial score (nSPS) is 14.7. The van der Waals surface area contributed by atoms with Gasteiger partial charge in [-0.3, -0.25) is 4.79 Å². The van der Waals surface area contributed by atoms with E-state index in [9.17, 15) is 18.8 Å². The largest absolute Gasteiger partial charge is 0.487 e. The van der Waals surface area contributed by atoms with Gasteiger partial charge in [-0.05, 0) is 39.0 Å². The predicted molar refractivity (Wildman–Crippen MR) is 121 cm³/mol. The summed E-state index contributed by atoms with van der Waals surface area (Å²) in [6, 6.07) is 4.18. The zero-order chi connectivity index (χ0) is 24.3. The third kappa shape index (κ3) is 5.89. The van der Waals surface area contributed by atoms with E-state index in [0.717, 1.165) is 7.11 Å². The highest BCUT2D eigenvalue weighted by atomic mass is 79.9. The second kappa shape index (κ2) is 9.90. The molecule has 0 bridgehead atoms. The van der Waals surface area contributed by atoms with Crippen molar-refractivity contribution in [3.63, 3.8) is 0 Å². The maximum Gasteiger partial charge on any atom is 0.410 e. The number of piperidine rings is 1. The predicted octanol–water partition coefficient (Wildman–Crippen LogP) is 3.90. The lowest BCUT2D eigenvalue weighted by molar-refractivity contribution is 0.0125. The summed E-state index contributed by atoms with van der Waals surface area (Å²) in [5.74, 6) is -1.68. The number of hydrogen-bond acceptors (Lipinski definition) is 7. The number of amides is 1. The molecular weight excluding hydrogens is 501 g/mol. The SMILES string of the molecule is COC(=O)c1n[nH]c(=O)c(-c2ccc(Br)cc2F)c1OC1CCN(C(=O)OC(C)(C)C)CC1. The van der Waals surface area contributed by atoms with Gasteiger partial charge in [-0.1, -0.05) is 15.9 Å². The van der Waals surface area contributed by atoms with Crippen LogP contribution in [0, 0.1) is 5.82 Å². The molecule has 0 atom stereocenters. The third-order valence-corrected chi connectivity index (χ3v) is 5.39. The molecule has 0 saturated carbocycles. The molecular formula is C22H25BrFN3O6. The molecule has 11 heteroatoms. The number of ether oxygens (including phenoxy) is 3. The van der Waals surface area contributed by atoms with E-state index in [0.29, 0.717) is 30.4 Å². The number of rotatable bonds is 4. The maximum atomic E-state index is 14.7. The van der Waals surface area contributed by atoms with Crippen LogP contribution >= 0.6 is 15.9 Å². The average molecular weight is 526 g/mol. The van der Waals surface area contributed by atoms with Gasteiger partial charge in [-0.25, -0.2) is 19.1 Å². The smallest absolute Gasteiger partial charge is 0.410 e. The summed E-state index contributed by atoms with van der Waals surface area (Å²) in [6.07, 6.45) is -0.0521. The van der Waals surface area contributed by atoms with E-state index in [2.05, 4.69) is 26.1 Å². The lowest BCUT2D eigenvalue weighted by Crippen LogP contribution is -2.44. The number of methoxy groups -OCH3 is 1. The Morgan fingerprint density at radius 3 is 2.48 bits per heavy atom. The summed E-state index contributed by atoms with van der Waals surface area (Å²) in [5, 5.41) is 5.99. The van der Waals surface area contributed by atoms with E-state index >= 15 is 0 Å². The van der Waals surface area contributed by atoms with Crippen LogP contribution in [0.4, 0.5) is 9.18 Å². The zero-order valence-electron chi connectivity index (χ0n) is 18.7. The molecule has 1 saturated heterocycles. The van der Waals surface area contributed by atoms with Gasteiger partial charge in [-0.15, -0.1) is 0 Å². The van der Waals surface area contributed by atoms with Crippen LogP contribution in [0.5, 0.6) is 5.75 Å². The van der Waals surface area contributed by atoms with E-state index in [4.69, 9.17) is 14.2 Å². The molecule has 1 aliphatic rings. The molecule has 0 spiro atoms. The van der Waals surface area contributed by atoms with Crippen LogP contribution in [0.25, 0.3) is 11.1 Å². The first kappa shape index (κ1) is 24.7. The molecule has 9 nitrogen and oxygen atoms in total. The number of aromatic amines is 1. The number of likely N-dealkylation sites (tertiary alicyclic amines) is 1. The summed E-state index contributed by atoms with van der Waals surface area (Å²) in [7, 11) is 1.16. The van der Waals surface area contributed by atoms with Gasteiger partial charge in [0.2, 0.25) is 5.69 Å². The Kier molecular flexibility index (Phi) is 7.41. The monoisotopic (exact) mass is 525 g/mol. The van der Waals surface area contributed by atoms with Crippen molar-refractivity contribution in [1.82, 2.24) is 15.1 Å². The van der Waals surface area contributed by atoms with Gasteiger partial charge < -0.3 is 19.1 Å². The molecule has 1 fully saturated rings. The number of carbonyl (C=O) groups is 2. The number of halogens is 2. The van der Waals surface area contributed by atoms with Gasteiger partial charge in [0.1, 0.15) is 17.5 Å². The van der Waals surface area contributed by atoms with E-state index in [1.165, 1.54) is 12.1 Å². The number of esters is 1. The number of nitrogens with zero attached hydrogens (tertiary/aromatic N) is 2. The molecule has 0 aliphatic carbocycles. The molecule has 0 unspecified atom stereocenters. The molecule has 0 radical (unpaired) electrons. The highest BCUT2D eigenvalue weighted by Gasteiger charge is 2.31. The van der Waals surface area contributed by atoms with Gasteiger partial charge in [0.25, 0.3) is 5.56 Å². The van der Waals surface area contributed by atoms with Crippen LogP contribution in [0.2, 0.25) is 0 Å². The maximum absolute atomic E-state index is 14.7. The van der Waals surface area contributed by atoms with Crippen LogP contribution < -0.4 is 10.3 Å². The van der Waals surface area contributed by atoms with Crippen molar-refractivity contribution < 1.29 is 28.2 Å². The average Bonchev–Trinajstić information content (AvgIpc) is 2.74. The quantitative estimate of drug-likeness (QED) is 0.602. The van der Waals surface area contributed by atoms with Crippen LogP contribution in [-0.2, 0) is 9.47 Å². The van der Waals surface area contributed by atoms with Crippen LogP contribution in [0.3, 0.4) is 0 Å². The molecule has 1 amide bonds. The molecule has 178 valence electrons. The number of benzene rings is 1. The molecule has 1 aromatic carbocycles. The molecule has 1 aromatic heterocycles. The number of H-pyrrole nitrogens is 1. The van der Waals surface area contributed by atoms with E-state index in [1.54, 1.807) is 31.7 Å². The Bertz CT molecular complexity index is 1110.